The van der Waals surface area contributed by atoms with E-state index in [4.69, 9.17) is 0 Å². The van der Waals surface area contributed by atoms with E-state index in [1.54, 1.807) is 6.07 Å². The Morgan fingerprint density at radius 2 is 1.67 bits per heavy atom. The molecular formula is C16H18FN. The lowest BCUT2D eigenvalue weighted by Gasteiger charge is -2.10. The Morgan fingerprint density at radius 3 is 2.33 bits per heavy atom. The molecular weight excluding hydrogens is 225 g/mol. The zero-order chi connectivity index (χ0) is 13.0. The zero-order valence-electron chi connectivity index (χ0n) is 10.8. The summed E-state index contributed by atoms with van der Waals surface area (Å²) in [5, 5.41) is 3.27. The minimum atomic E-state index is -0.204. The Labute approximate surface area is 108 Å². The molecule has 0 aliphatic rings. The molecule has 94 valence electrons. The molecule has 0 unspecified atom stereocenters. The molecule has 2 heteroatoms. The topological polar surface area (TPSA) is 12.0 Å². The summed E-state index contributed by atoms with van der Waals surface area (Å²) in [7, 11) is 0. The third-order valence-electron chi connectivity index (χ3n) is 3.11. The Bertz CT molecular complexity index is 517. The molecule has 2 aromatic rings. The van der Waals surface area contributed by atoms with Crippen LogP contribution in [0.1, 0.15) is 23.6 Å². The van der Waals surface area contributed by atoms with Crippen molar-refractivity contribution in [2.24, 2.45) is 0 Å². The lowest BCUT2D eigenvalue weighted by molar-refractivity contribution is 0.628. The number of halogens is 1. The van der Waals surface area contributed by atoms with Crippen LogP contribution in [0.2, 0.25) is 0 Å². The van der Waals surface area contributed by atoms with Crippen LogP contribution < -0.4 is 5.32 Å². The average molecular weight is 243 g/mol. The fourth-order valence-electron chi connectivity index (χ4n) is 1.87. The van der Waals surface area contributed by atoms with Gasteiger partial charge in [-0.25, -0.2) is 4.39 Å². The van der Waals surface area contributed by atoms with E-state index in [-0.39, 0.29) is 5.82 Å². The van der Waals surface area contributed by atoms with Crippen molar-refractivity contribution in [3.8, 4) is 0 Å². The molecule has 0 fully saturated rings. The summed E-state index contributed by atoms with van der Waals surface area (Å²) in [4.78, 5) is 0. The third-order valence-corrected chi connectivity index (χ3v) is 3.11. The van der Waals surface area contributed by atoms with Crippen LogP contribution in [0.4, 0.5) is 10.1 Å². The van der Waals surface area contributed by atoms with Crippen LogP contribution in [0.25, 0.3) is 0 Å². The SMILES string of the molecule is CCc1ccc(CNc2cc(F)ccc2C)cc1. The van der Waals surface area contributed by atoms with Gasteiger partial charge in [0.25, 0.3) is 0 Å². The number of rotatable bonds is 4. The number of anilines is 1. The first-order chi connectivity index (χ1) is 8.69. The first-order valence-corrected chi connectivity index (χ1v) is 6.27. The standard InChI is InChI=1S/C16H18FN/c1-3-13-5-7-14(8-6-13)11-18-16-10-15(17)9-4-12(16)2/h4-10,18H,3,11H2,1-2H3. The van der Waals surface area contributed by atoms with E-state index >= 15 is 0 Å². The molecule has 18 heavy (non-hydrogen) atoms. The van der Waals surface area contributed by atoms with Gasteiger partial charge < -0.3 is 5.32 Å². The summed E-state index contributed by atoms with van der Waals surface area (Å²) in [6.45, 7) is 4.83. The molecule has 0 aromatic heterocycles. The quantitative estimate of drug-likeness (QED) is 0.843. The number of hydrogen-bond donors (Lipinski definition) is 1. The number of hydrogen-bond acceptors (Lipinski definition) is 1. The van der Waals surface area contributed by atoms with Crippen LogP contribution in [-0.4, -0.2) is 0 Å². The summed E-state index contributed by atoms with van der Waals surface area (Å²) in [6, 6.07) is 13.3. The highest BCUT2D eigenvalue weighted by Crippen LogP contribution is 2.17. The fourth-order valence-corrected chi connectivity index (χ4v) is 1.87. The third kappa shape index (κ3) is 3.10. The number of nitrogens with one attached hydrogen (secondary N) is 1. The molecule has 2 aromatic carbocycles. The Kier molecular flexibility index (Phi) is 3.98. The maximum atomic E-state index is 13.1. The summed E-state index contributed by atoms with van der Waals surface area (Å²) < 4.78 is 13.1. The zero-order valence-corrected chi connectivity index (χ0v) is 10.8. The molecule has 0 spiro atoms. The second-order valence-corrected chi connectivity index (χ2v) is 4.48. The van der Waals surface area contributed by atoms with E-state index in [0.29, 0.717) is 6.54 Å². The summed E-state index contributed by atoms with van der Waals surface area (Å²) in [6.07, 6.45) is 1.05. The molecule has 1 nitrogen and oxygen atoms in total. The smallest absolute Gasteiger partial charge is 0.125 e. The van der Waals surface area contributed by atoms with Crippen molar-refractivity contribution in [3.63, 3.8) is 0 Å². The molecule has 0 saturated carbocycles. The van der Waals surface area contributed by atoms with Gasteiger partial charge in [0.15, 0.2) is 0 Å². The van der Waals surface area contributed by atoms with Gasteiger partial charge in [-0.05, 0) is 42.2 Å². The normalized spacial score (nSPS) is 10.4. The van der Waals surface area contributed by atoms with Crippen molar-refractivity contribution >= 4 is 5.69 Å². The van der Waals surface area contributed by atoms with E-state index in [0.717, 1.165) is 17.7 Å². The van der Waals surface area contributed by atoms with Gasteiger partial charge in [-0.1, -0.05) is 37.3 Å². The molecule has 0 saturated heterocycles. The van der Waals surface area contributed by atoms with Crippen molar-refractivity contribution in [1.82, 2.24) is 0 Å². The molecule has 0 atom stereocenters. The molecule has 1 N–H and O–H groups in total. The lowest BCUT2D eigenvalue weighted by Crippen LogP contribution is -2.01. The highest BCUT2D eigenvalue weighted by atomic mass is 19.1. The van der Waals surface area contributed by atoms with Crippen molar-refractivity contribution in [2.45, 2.75) is 26.8 Å². The van der Waals surface area contributed by atoms with E-state index in [1.165, 1.54) is 23.3 Å². The summed E-state index contributed by atoms with van der Waals surface area (Å²) >= 11 is 0. The summed E-state index contributed by atoms with van der Waals surface area (Å²) in [5.41, 5.74) is 4.45. The molecule has 0 aliphatic carbocycles. The predicted molar refractivity (Wildman–Crippen MR) is 74.3 cm³/mol. The van der Waals surface area contributed by atoms with Crippen LogP contribution in [0.5, 0.6) is 0 Å². The van der Waals surface area contributed by atoms with E-state index in [9.17, 15) is 4.39 Å². The Morgan fingerprint density at radius 1 is 1.00 bits per heavy atom. The maximum absolute atomic E-state index is 13.1. The average Bonchev–Trinajstić information content (AvgIpc) is 2.40. The first-order valence-electron chi connectivity index (χ1n) is 6.27. The van der Waals surface area contributed by atoms with Crippen LogP contribution in [0.15, 0.2) is 42.5 Å². The van der Waals surface area contributed by atoms with E-state index < -0.39 is 0 Å². The second-order valence-electron chi connectivity index (χ2n) is 4.48. The van der Waals surface area contributed by atoms with Gasteiger partial charge in [-0.3, -0.25) is 0 Å². The van der Waals surface area contributed by atoms with Crippen LogP contribution in [0, 0.1) is 12.7 Å². The predicted octanol–water partition coefficient (Wildman–Crippen LogP) is 4.31. The minimum Gasteiger partial charge on any atom is -0.381 e. The van der Waals surface area contributed by atoms with Crippen molar-refractivity contribution in [2.75, 3.05) is 5.32 Å². The van der Waals surface area contributed by atoms with Crippen molar-refractivity contribution < 1.29 is 4.39 Å². The number of benzene rings is 2. The Hall–Kier alpha value is -1.83. The van der Waals surface area contributed by atoms with Crippen LogP contribution >= 0.6 is 0 Å². The lowest BCUT2D eigenvalue weighted by atomic mass is 10.1. The van der Waals surface area contributed by atoms with Gasteiger partial charge in [0, 0.05) is 12.2 Å². The summed E-state index contributed by atoms with van der Waals surface area (Å²) in [5.74, 6) is -0.204. The highest BCUT2D eigenvalue weighted by Gasteiger charge is 2.00. The maximum Gasteiger partial charge on any atom is 0.125 e. The van der Waals surface area contributed by atoms with Gasteiger partial charge in [0.2, 0.25) is 0 Å². The molecule has 2 rings (SSSR count). The van der Waals surface area contributed by atoms with Crippen molar-refractivity contribution in [1.29, 1.82) is 0 Å². The van der Waals surface area contributed by atoms with Crippen LogP contribution in [0.3, 0.4) is 0 Å². The van der Waals surface area contributed by atoms with E-state index in [2.05, 4.69) is 36.5 Å². The van der Waals surface area contributed by atoms with Gasteiger partial charge in [-0.2, -0.15) is 0 Å². The number of aryl methyl sites for hydroxylation is 2. The fraction of sp³-hybridized carbons (Fsp3) is 0.250. The van der Waals surface area contributed by atoms with Gasteiger partial charge in [0.05, 0.1) is 0 Å². The Balaban J connectivity index is 2.04. The van der Waals surface area contributed by atoms with E-state index in [1.807, 2.05) is 6.92 Å². The monoisotopic (exact) mass is 243 g/mol. The second kappa shape index (κ2) is 5.67. The molecule has 0 heterocycles. The molecule has 0 bridgehead atoms. The first kappa shape index (κ1) is 12.6. The van der Waals surface area contributed by atoms with Crippen LogP contribution in [-0.2, 0) is 13.0 Å². The van der Waals surface area contributed by atoms with Gasteiger partial charge >= 0.3 is 0 Å². The minimum absolute atomic E-state index is 0.204. The largest absolute Gasteiger partial charge is 0.381 e. The van der Waals surface area contributed by atoms with Crippen molar-refractivity contribution in [3.05, 3.63) is 65.0 Å². The van der Waals surface area contributed by atoms with Gasteiger partial charge in [0.1, 0.15) is 5.82 Å². The highest BCUT2D eigenvalue weighted by molar-refractivity contribution is 5.51. The molecule has 0 amide bonds. The molecule has 0 aliphatic heterocycles. The molecule has 0 radical (unpaired) electrons. The van der Waals surface area contributed by atoms with Gasteiger partial charge in [-0.15, -0.1) is 0 Å².